The highest BCUT2D eigenvalue weighted by molar-refractivity contribution is 5.84. The first kappa shape index (κ1) is 15.4. The first-order valence-electron chi connectivity index (χ1n) is 7.15. The first-order chi connectivity index (χ1) is 8.47. The summed E-state index contributed by atoms with van der Waals surface area (Å²) in [6.07, 6.45) is 2.33. The molecule has 1 N–H and O–H groups in total. The molecule has 106 valence electrons. The minimum atomic E-state index is 0.00134. The lowest BCUT2D eigenvalue weighted by atomic mass is 10.1. The number of ether oxygens (including phenoxy) is 1. The van der Waals surface area contributed by atoms with Crippen LogP contribution in [0.15, 0.2) is 0 Å². The molecule has 0 radical (unpaired) electrons. The summed E-state index contributed by atoms with van der Waals surface area (Å²) in [5.74, 6) is 0.665. The van der Waals surface area contributed by atoms with Crippen molar-refractivity contribution >= 4 is 5.91 Å². The molecule has 0 saturated carbocycles. The maximum Gasteiger partial charge on any atom is 0.241 e. The van der Waals surface area contributed by atoms with Crippen LogP contribution in [0.4, 0.5) is 0 Å². The van der Waals surface area contributed by atoms with Crippen molar-refractivity contribution in [1.82, 2.24) is 10.2 Å². The van der Waals surface area contributed by atoms with Crippen molar-refractivity contribution in [1.29, 1.82) is 0 Å². The van der Waals surface area contributed by atoms with Crippen LogP contribution in [0, 0.1) is 5.92 Å². The Balaban J connectivity index is 2.57. The molecular formula is C14H28N2O2. The molecule has 1 rings (SSSR count). The van der Waals surface area contributed by atoms with Crippen molar-refractivity contribution in [2.24, 2.45) is 5.92 Å². The largest absolute Gasteiger partial charge is 0.377 e. The van der Waals surface area contributed by atoms with Gasteiger partial charge in [-0.2, -0.15) is 0 Å². The van der Waals surface area contributed by atoms with E-state index in [-0.39, 0.29) is 24.2 Å². The number of hydrogen-bond acceptors (Lipinski definition) is 3. The minimum Gasteiger partial charge on any atom is -0.377 e. The molecular weight excluding hydrogens is 228 g/mol. The standard InChI is InChI=1S/C14H28N2O2/c1-6-7-12-14(17)16(8-9-18-11(4)5)13(15-12)10(2)3/h10-13,15H,6-9H2,1-5H3. The van der Waals surface area contributed by atoms with E-state index in [0.717, 1.165) is 12.8 Å². The van der Waals surface area contributed by atoms with Gasteiger partial charge in [-0.25, -0.2) is 0 Å². The van der Waals surface area contributed by atoms with Crippen LogP contribution in [0.1, 0.15) is 47.5 Å². The lowest BCUT2D eigenvalue weighted by Crippen LogP contribution is -2.43. The lowest BCUT2D eigenvalue weighted by molar-refractivity contribution is -0.131. The van der Waals surface area contributed by atoms with Crippen LogP contribution in [0.5, 0.6) is 0 Å². The molecule has 1 aliphatic rings. The SMILES string of the molecule is CCCC1NC(C(C)C)N(CCOC(C)C)C1=O. The highest BCUT2D eigenvalue weighted by atomic mass is 16.5. The van der Waals surface area contributed by atoms with Crippen LogP contribution in [0.25, 0.3) is 0 Å². The summed E-state index contributed by atoms with van der Waals surface area (Å²) in [6, 6.07) is 0.00134. The number of hydrogen-bond donors (Lipinski definition) is 1. The summed E-state index contributed by atoms with van der Waals surface area (Å²) in [5, 5.41) is 3.45. The van der Waals surface area contributed by atoms with Gasteiger partial charge < -0.3 is 9.64 Å². The van der Waals surface area contributed by atoms with Gasteiger partial charge in [0, 0.05) is 6.54 Å². The highest BCUT2D eigenvalue weighted by Crippen LogP contribution is 2.19. The quantitative estimate of drug-likeness (QED) is 0.757. The van der Waals surface area contributed by atoms with Gasteiger partial charge in [-0.3, -0.25) is 10.1 Å². The molecule has 1 fully saturated rings. The van der Waals surface area contributed by atoms with E-state index in [1.54, 1.807) is 0 Å². The first-order valence-corrected chi connectivity index (χ1v) is 7.15. The van der Waals surface area contributed by atoms with Gasteiger partial charge in [0.15, 0.2) is 0 Å². The van der Waals surface area contributed by atoms with Crippen LogP contribution >= 0.6 is 0 Å². The zero-order chi connectivity index (χ0) is 13.7. The predicted octanol–water partition coefficient (Wildman–Crippen LogP) is 1.99. The third-order valence-electron chi connectivity index (χ3n) is 3.28. The van der Waals surface area contributed by atoms with Gasteiger partial charge in [-0.05, 0) is 26.2 Å². The lowest BCUT2D eigenvalue weighted by Gasteiger charge is -2.27. The molecule has 1 aliphatic heterocycles. The Morgan fingerprint density at radius 2 is 2.00 bits per heavy atom. The summed E-state index contributed by atoms with van der Waals surface area (Å²) in [7, 11) is 0. The van der Waals surface area contributed by atoms with Gasteiger partial charge in [0.05, 0.1) is 24.9 Å². The zero-order valence-electron chi connectivity index (χ0n) is 12.4. The topological polar surface area (TPSA) is 41.6 Å². The summed E-state index contributed by atoms with van der Waals surface area (Å²) >= 11 is 0. The van der Waals surface area contributed by atoms with Crippen molar-refractivity contribution in [3.05, 3.63) is 0 Å². The molecule has 0 aromatic rings. The Morgan fingerprint density at radius 3 is 2.50 bits per heavy atom. The molecule has 0 aromatic heterocycles. The van der Waals surface area contributed by atoms with E-state index in [9.17, 15) is 4.79 Å². The molecule has 0 spiro atoms. The summed E-state index contributed by atoms with van der Waals surface area (Å²) in [4.78, 5) is 14.2. The fourth-order valence-corrected chi connectivity index (χ4v) is 2.39. The van der Waals surface area contributed by atoms with Gasteiger partial charge in [-0.15, -0.1) is 0 Å². The third kappa shape index (κ3) is 3.95. The van der Waals surface area contributed by atoms with E-state index in [1.807, 2.05) is 18.7 Å². The molecule has 2 unspecified atom stereocenters. The Bertz CT molecular complexity index is 267. The number of carbonyl (C=O) groups is 1. The van der Waals surface area contributed by atoms with Crippen LogP contribution in [-0.4, -0.2) is 42.3 Å². The Morgan fingerprint density at radius 1 is 1.33 bits per heavy atom. The van der Waals surface area contributed by atoms with Crippen molar-refractivity contribution in [2.75, 3.05) is 13.2 Å². The van der Waals surface area contributed by atoms with E-state index in [1.165, 1.54) is 0 Å². The molecule has 0 aromatic carbocycles. The number of carbonyl (C=O) groups excluding carboxylic acids is 1. The third-order valence-corrected chi connectivity index (χ3v) is 3.28. The maximum absolute atomic E-state index is 12.3. The van der Waals surface area contributed by atoms with Crippen molar-refractivity contribution in [3.8, 4) is 0 Å². The average Bonchev–Trinajstić information content (AvgIpc) is 2.58. The molecule has 0 bridgehead atoms. The number of amides is 1. The second kappa shape index (κ2) is 7.10. The van der Waals surface area contributed by atoms with Crippen molar-refractivity contribution in [3.63, 3.8) is 0 Å². The van der Waals surface area contributed by atoms with E-state index < -0.39 is 0 Å². The fourth-order valence-electron chi connectivity index (χ4n) is 2.39. The highest BCUT2D eigenvalue weighted by Gasteiger charge is 2.39. The average molecular weight is 256 g/mol. The fraction of sp³-hybridized carbons (Fsp3) is 0.929. The van der Waals surface area contributed by atoms with E-state index in [2.05, 4.69) is 26.1 Å². The monoisotopic (exact) mass is 256 g/mol. The zero-order valence-corrected chi connectivity index (χ0v) is 12.4. The van der Waals surface area contributed by atoms with Crippen LogP contribution in [0.2, 0.25) is 0 Å². The van der Waals surface area contributed by atoms with Gasteiger partial charge in [0.1, 0.15) is 0 Å². The maximum atomic E-state index is 12.3. The molecule has 2 atom stereocenters. The number of nitrogens with zero attached hydrogens (tertiary/aromatic N) is 1. The smallest absolute Gasteiger partial charge is 0.241 e. The molecule has 0 aliphatic carbocycles. The van der Waals surface area contributed by atoms with Gasteiger partial charge >= 0.3 is 0 Å². The minimum absolute atomic E-state index is 0.00134. The van der Waals surface area contributed by atoms with Crippen LogP contribution in [-0.2, 0) is 9.53 Å². The second-order valence-electron chi connectivity index (χ2n) is 5.65. The number of rotatable bonds is 7. The van der Waals surface area contributed by atoms with Crippen molar-refractivity contribution < 1.29 is 9.53 Å². The van der Waals surface area contributed by atoms with Crippen molar-refractivity contribution in [2.45, 2.75) is 65.8 Å². The molecule has 18 heavy (non-hydrogen) atoms. The molecule has 1 saturated heterocycles. The van der Waals surface area contributed by atoms with Crippen LogP contribution in [0.3, 0.4) is 0 Å². The normalized spacial score (nSPS) is 24.6. The second-order valence-corrected chi connectivity index (χ2v) is 5.65. The predicted molar refractivity (Wildman–Crippen MR) is 73.3 cm³/mol. The Labute approximate surface area is 111 Å². The number of nitrogens with one attached hydrogen (secondary N) is 1. The Kier molecular flexibility index (Phi) is 6.09. The molecule has 4 nitrogen and oxygen atoms in total. The van der Waals surface area contributed by atoms with E-state index >= 15 is 0 Å². The van der Waals surface area contributed by atoms with Gasteiger partial charge in [0.25, 0.3) is 0 Å². The van der Waals surface area contributed by atoms with Crippen LogP contribution < -0.4 is 5.32 Å². The molecule has 4 heteroatoms. The van der Waals surface area contributed by atoms with Gasteiger partial charge in [0.2, 0.25) is 5.91 Å². The summed E-state index contributed by atoms with van der Waals surface area (Å²) in [6.45, 7) is 11.8. The summed E-state index contributed by atoms with van der Waals surface area (Å²) in [5.41, 5.74) is 0. The summed E-state index contributed by atoms with van der Waals surface area (Å²) < 4.78 is 5.55. The van der Waals surface area contributed by atoms with E-state index in [4.69, 9.17) is 4.74 Å². The molecule has 1 amide bonds. The van der Waals surface area contributed by atoms with E-state index in [0.29, 0.717) is 19.1 Å². The molecule has 1 heterocycles. The Hall–Kier alpha value is -0.610. The van der Waals surface area contributed by atoms with Gasteiger partial charge in [-0.1, -0.05) is 27.2 Å².